The van der Waals surface area contributed by atoms with E-state index in [2.05, 4.69) is 12.2 Å². The average molecular weight is 260 g/mol. The number of likely N-dealkylation sites (tertiary alicyclic amines) is 1. The molecule has 0 aromatic heterocycles. The number of carbonyl (C=O) groups excluding carboxylic acids is 1. The summed E-state index contributed by atoms with van der Waals surface area (Å²) in [6.07, 6.45) is 6.08. The molecule has 0 atom stereocenters. The smallest absolute Gasteiger partial charge is 0.255 e. The number of nitrogens with zero attached hydrogens (tertiary/aromatic N) is 1. The molecule has 0 saturated carbocycles. The first-order valence-corrected chi connectivity index (χ1v) is 7.45. The van der Waals surface area contributed by atoms with Crippen LogP contribution in [0, 0.1) is 0 Å². The molecular formula is C16H24N2O. The highest BCUT2D eigenvalue weighted by Crippen LogP contribution is 2.19. The average Bonchev–Trinajstić information content (AvgIpc) is 2.39. The lowest BCUT2D eigenvalue weighted by Crippen LogP contribution is -2.34. The van der Waals surface area contributed by atoms with Crippen LogP contribution in [-0.2, 0) is 0 Å². The maximum absolute atomic E-state index is 12.6. The summed E-state index contributed by atoms with van der Waals surface area (Å²) in [7, 11) is 0. The quantitative estimate of drug-likeness (QED) is 0.901. The van der Waals surface area contributed by atoms with Gasteiger partial charge in [-0.1, -0.05) is 31.4 Å². The summed E-state index contributed by atoms with van der Waals surface area (Å²) in [5.74, 6) is 0.179. The Kier molecular flexibility index (Phi) is 5.25. The van der Waals surface area contributed by atoms with Crippen LogP contribution in [0.3, 0.4) is 0 Å². The zero-order valence-corrected chi connectivity index (χ0v) is 11.8. The second-order valence-corrected chi connectivity index (χ2v) is 5.14. The van der Waals surface area contributed by atoms with Crippen molar-refractivity contribution in [3.05, 3.63) is 29.8 Å². The standard InChI is InChI=1S/C16H24N2O/c1-2-17-15-11-7-6-10-14(15)16(19)18-12-8-4-3-5-9-13-18/h6-7,10-11,17H,2-5,8-9,12-13H2,1H3. The summed E-state index contributed by atoms with van der Waals surface area (Å²) < 4.78 is 0. The molecular weight excluding hydrogens is 236 g/mol. The number of benzene rings is 1. The molecule has 19 heavy (non-hydrogen) atoms. The number of hydrogen-bond acceptors (Lipinski definition) is 2. The van der Waals surface area contributed by atoms with Crippen LogP contribution >= 0.6 is 0 Å². The summed E-state index contributed by atoms with van der Waals surface area (Å²) in [6, 6.07) is 7.83. The SMILES string of the molecule is CCNc1ccccc1C(=O)N1CCCCCCC1. The highest BCUT2D eigenvalue weighted by atomic mass is 16.2. The number of para-hydroxylation sites is 1. The molecule has 1 saturated heterocycles. The number of amides is 1. The molecule has 3 heteroatoms. The molecule has 1 N–H and O–H groups in total. The third-order valence-corrected chi connectivity index (χ3v) is 3.67. The van der Waals surface area contributed by atoms with E-state index in [0.29, 0.717) is 0 Å². The highest BCUT2D eigenvalue weighted by Gasteiger charge is 2.18. The minimum atomic E-state index is 0.179. The maximum atomic E-state index is 12.6. The normalized spacial score (nSPS) is 16.6. The van der Waals surface area contributed by atoms with Crippen LogP contribution in [0.15, 0.2) is 24.3 Å². The first-order valence-electron chi connectivity index (χ1n) is 7.45. The van der Waals surface area contributed by atoms with Crippen LogP contribution in [0.1, 0.15) is 49.4 Å². The van der Waals surface area contributed by atoms with Gasteiger partial charge in [0, 0.05) is 25.3 Å². The molecule has 1 fully saturated rings. The lowest BCUT2D eigenvalue weighted by Gasteiger charge is -2.25. The van der Waals surface area contributed by atoms with Crippen LogP contribution in [0.25, 0.3) is 0 Å². The third kappa shape index (κ3) is 3.72. The molecule has 1 heterocycles. The van der Waals surface area contributed by atoms with Gasteiger partial charge in [0.2, 0.25) is 0 Å². The van der Waals surface area contributed by atoms with E-state index in [0.717, 1.165) is 43.7 Å². The molecule has 104 valence electrons. The van der Waals surface area contributed by atoms with Crippen molar-refractivity contribution in [2.75, 3.05) is 25.0 Å². The molecule has 1 aliphatic rings. The van der Waals surface area contributed by atoms with Crippen molar-refractivity contribution in [2.45, 2.75) is 39.0 Å². The van der Waals surface area contributed by atoms with E-state index in [4.69, 9.17) is 0 Å². The summed E-state index contributed by atoms with van der Waals surface area (Å²) in [5.41, 5.74) is 1.77. The molecule has 1 amide bonds. The fraction of sp³-hybridized carbons (Fsp3) is 0.562. The summed E-state index contributed by atoms with van der Waals surface area (Å²) >= 11 is 0. The van der Waals surface area contributed by atoms with Gasteiger partial charge >= 0.3 is 0 Å². The summed E-state index contributed by atoms with van der Waals surface area (Å²) in [5, 5.41) is 3.28. The molecule has 0 unspecified atom stereocenters. The van der Waals surface area contributed by atoms with Crippen LogP contribution in [0.2, 0.25) is 0 Å². The minimum Gasteiger partial charge on any atom is -0.385 e. The number of carbonyl (C=O) groups is 1. The largest absolute Gasteiger partial charge is 0.385 e. The number of hydrogen-bond donors (Lipinski definition) is 1. The summed E-state index contributed by atoms with van der Waals surface area (Å²) in [4.78, 5) is 14.7. The van der Waals surface area contributed by atoms with E-state index < -0.39 is 0 Å². The molecule has 1 aromatic carbocycles. The zero-order chi connectivity index (χ0) is 13.5. The molecule has 0 spiro atoms. The number of anilines is 1. The predicted octanol–water partition coefficient (Wildman–Crippen LogP) is 3.52. The van der Waals surface area contributed by atoms with Gasteiger partial charge in [-0.05, 0) is 31.9 Å². The Morgan fingerprint density at radius 3 is 2.42 bits per heavy atom. The van der Waals surface area contributed by atoms with Crippen LogP contribution < -0.4 is 5.32 Å². The molecule has 0 aliphatic carbocycles. The van der Waals surface area contributed by atoms with Gasteiger partial charge in [-0.2, -0.15) is 0 Å². The third-order valence-electron chi connectivity index (χ3n) is 3.67. The van der Waals surface area contributed by atoms with Crippen molar-refractivity contribution in [1.29, 1.82) is 0 Å². The fourth-order valence-electron chi connectivity index (χ4n) is 2.64. The van der Waals surface area contributed by atoms with Crippen molar-refractivity contribution in [2.24, 2.45) is 0 Å². The first-order chi connectivity index (χ1) is 9.33. The van der Waals surface area contributed by atoms with E-state index in [1.54, 1.807) is 0 Å². The minimum absolute atomic E-state index is 0.179. The Morgan fingerprint density at radius 1 is 1.11 bits per heavy atom. The molecule has 0 bridgehead atoms. The van der Waals surface area contributed by atoms with E-state index in [1.165, 1.54) is 19.3 Å². The second-order valence-electron chi connectivity index (χ2n) is 5.14. The topological polar surface area (TPSA) is 32.3 Å². The molecule has 1 aliphatic heterocycles. The Balaban J connectivity index is 2.12. The Bertz CT molecular complexity index is 409. The van der Waals surface area contributed by atoms with Gasteiger partial charge in [-0.3, -0.25) is 4.79 Å². The monoisotopic (exact) mass is 260 g/mol. The molecule has 1 aromatic rings. The Hall–Kier alpha value is -1.51. The van der Waals surface area contributed by atoms with Crippen molar-refractivity contribution >= 4 is 11.6 Å². The molecule has 2 rings (SSSR count). The number of nitrogens with one attached hydrogen (secondary N) is 1. The molecule has 3 nitrogen and oxygen atoms in total. The van der Waals surface area contributed by atoms with Gasteiger partial charge in [-0.25, -0.2) is 0 Å². The lowest BCUT2D eigenvalue weighted by atomic mass is 10.1. The van der Waals surface area contributed by atoms with Gasteiger partial charge in [0.25, 0.3) is 5.91 Å². The van der Waals surface area contributed by atoms with Gasteiger partial charge < -0.3 is 10.2 Å². The highest BCUT2D eigenvalue weighted by molar-refractivity contribution is 5.99. The maximum Gasteiger partial charge on any atom is 0.255 e. The predicted molar refractivity (Wildman–Crippen MR) is 79.6 cm³/mol. The van der Waals surface area contributed by atoms with Crippen molar-refractivity contribution in [3.8, 4) is 0 Å². The first kappa shape index (κ1) is 13.9. The lowest BCUT2D eigenvalue weighted by molar-refractivity contribution is 0.0743. The van der Waals surface area contributed by atoms with Crippen LogP contribution in [0.4, 0.5) is 5.69 Å². The van der Waals surface area contributed by atoms with E-state index >= 15 is 0 Å². The van der Waals surface area contributed by atoms with Crippen LogP contribution in [0.5, 0.6) is 0 Å². The van der Waals surface area contributed by atoms with Gasteiger partial charge in [-0.15, -0.1) is 0 Å². The van der Waals surface area contributed by atoms with E-state index in [1.807, 2.05) is 29.2 Å². The Labute approximate surface area is 116 Å². The van der Waals surface area contributed by atoms with Crippen molar-refractivity contribution in [3.63, 3.8) is 0 Å². The van der Waals surface area contributed by atoms with Crippen LogP contribution in [-0.4, -0.2) is 30.4 Å². The van der Waals surface area contributed by atoms with E-state index in [-0.39, 0.29) is 5.91 Å². The van der Waals surface area contributed by atoms with Crippen molar-refractivity contribution in [1.82, 2.24) is 4.90 Å². The van der Waals surface area contributed by atoms with Crippen molar-refractivity contribution < 1.29 is 4.79 Å². The number of rotatable bonds is 3. The van der Waals surface area contributed by atoms with Gasteiger partial charge in [0.15, 0.2) is 0 Å². The fourth-order valence-corrected chi connectivity index (χ4v) is 2.64. The van der Waals surface area contributed by atoms with E-state index in [9.17, 15) is 4.79 Å². The zero-order valence-electron chi connectivity index (χ0n) is 11.8. The molecule has 0 radical (unpaired) electrons. The second kappa shape index (κ2) is 7.17. The summed E-state index contributed by atoms with van der Waals surface area (Å²) in [6.45, 7) is 4.69. The van der Waals surface area contributed by atoms with Gasteiger partial charge in [0.05, 0.1) is 5.56 Å². The Morgan fingerprint density at radius 2 is 1.74 bits per heavy atom. The van der Waals surface area contributed by atoms with Gasteiger partial charge in [0.1, 0.15) is 0 Å².